The number of esters is 1. The molecule has 100 valence electrons. The van der Waals surface area contributed by atoms with Crippen molar-refractivity contribution >= 4 is 5.97 Å². The highest BCUT2D eigenvalue weighted by atomic mass is 16.5. The largest absolute Gasteiger partial charge is 0.465 e. The van der Waals surface area contributed by atoms with Gasteiger partial charge in [0.05, 0.1) is 6.61 Å². The molecule has 0 radical (unpaired) electrons. The van der Waals surface area contributed by atoms with Crippen LogP contribution in [0.4, 0.5) is 0 Å². The van der Waals surface area contributed by atoms with Crippen LogP contribution in [0.5, 0.6) is 0 Å². The van der Waals surface area contributed by atoms with Crippen LogP contribution < -0.4 is 5.32 Å². The molecule has 1 atom stereocenters. The Morgan fingerprint density at radius 2 is 2.12 bits per heavy atom. The molecule has 0 aliphatic carbocycles. The number of nitrogens with one attached hydrogen (secondary N) is 1. The Hall–Kier alpha value is -0.610. The molecule has 0 aromatic rings. The standard InChI is InChI=1S/C13H26N2O2/c1-4-9-15-10-6-7-13(14-3,8-11-15)12(16)17-5-2/h14H,4-11H2,1-3H3. The monoisotopic (exact) mass is 242 g/mol. The predicted molar refractivity (Wildman–Crippen MR) is 69.0 cm³/mol. The smallest absolute Gasteiger partial charge is 0.326 e. The molecule has 0 spiro atoms. The maximum absolute atomic E-state index is 12.1. The van der Waals surface area contributed by atoms with Crippen LogP contribution in [0, 0.1) is 0 Å². The third-order valence-electron chi connectivity index (χ3n) is 3.62. The van der Waals surface area contributed by atoms with Crippen molar-refractivity contribution in [2.45, 2.75) is 45.1 Å². The quantitative estimate of drug-likeness (QED) is 0.740. The molecule has 1 saturated heterocycles. The summed E-state index contributed by atoms with van der Waals surface area (Å²) in [4.78, 5) is 14.5. The van der Waals surface area contributed by atoms with Gasteiger partial charge in [0, 0.05) is 6.54 Å². The zero-order chi connectivity index (χ0) is 12.7. The highest BCUT2D eigenvalue weighted by molar-refractivity contribution is 5.80. The molecule has 0 aromatic carbocycles. The van der Waals surface area contributed by atoms with Crippen molar-refractivity contribution in [1.29, 1.82) is 0 Å². The molecular weight excluding hydrogens is 216 g/mol. The van der Waals surface area contributed by atoms with Gasteiger partial charge in [0.1, 0.15) is 5.54 Å². The fourth-order valence-electron chi connectivity index (χ4n) is 2.56. The van der Waals surface area contributed by atoms with E-state index in [4.69, 9.17) is 4.74 Å². The van der Waals surface area contributed by atoms with Gasteiger partial charge in [-0.2, -0.15) is 0 Å². The molecule has 1 N–H and O–H groups in total. The molecule has 1 aliphatic rings. The predicted octanol–water partition coefficient (Wildman–Crippen LogP) is 1.40. The van der Waals surface area contributed by atoms with Gasteiger partial charge in [0.25, 0.3) is 0 Å². The molecule has 0 aromatic heterocycles. The van der Waals surface area contributed by atoms with Crippen LogP contribution >= 0.6 is 0 Å². The summed E-state index contributed by atoms with van der Waals surface area (Å²) >= 11 is 0. The van der Waals surface area contributed by atoms with Gasteiger partial charge in [-0.25, -0.2) is 0 Å². The Labute approximate surface area is 105 Å². The summed E-state index contributed by atoms with van der Waals surface area (Å²) in [5.74, 6) is -0.0825. The van der Waals surface area contributed by atoms with Crippen molar-refractivity contribution in [3.8, 4) is 0 Å². The van der Waals surface area contributed by atoms with Crippen LogP contribution in [0.15, 0.2) is 0 Å². The molecular formula is C13H26N2O2. The van der Waals surface area contributed by atoms with E-state index in [2.05, 4.69) is 17.1 Å². The van der Waals surface area contributed by atoms with Crippen LogP contribution in [-0.2, 0) is 9.53 Å². The van der Waals surface area contributed by atoms with E-state index in [1.807, 2.05) is 14.0 Å². The van der Waals surface area contributed by atoms with Gasteiger partial charge >= 0.3 is 5.97 Å². The number of likely N-dealkylation sites (tertiary alicyclic amines) is 1. The van der Waals surface area contributed by atoms with Gasteiger partial charge < -0.3 is 15.0 Å². The maximum atomic E-state index is 12.1. The van der Waals surface area contributed by atoms with Crippen molar-refractivity contribution in [2.75, 3.05) is 33.3 Å². The van der Waals surface area contributed by atoms with Crippen LogP contribution in [0.25, 0.3) is 0 Å². The Morgan fingerprint density at radius 3 is 2.71 bits per heavy atom. The van der Waals surface area contributed by atoms with Gasteiger partial charge in [-0.1, -0.05) is 6.92 Å². The fraction of sp³-hybridized carbons (Fsp3) is 0.923. The Bertz CT molecular complexity index is 246. The molecule has 0 bridgehead atoms. The maximum Gasteiger partial charge on any atom is 0.326 e. The molecule has 0 saturated carbocycles. The van der Waals surface area contributed by atoms with E-state index < -0.39 is 5.54 Å². The topological polar surface area (TPSA) is 41.6 Å². The minimum Gasteiger partial charge on any atom is -0.465 e. The second-order valence-electron chi connectivity index (χ2n) is 4.75. The summed E-state index contributed by atoms with van der Waals surface area (Å²) in [6.07, 6.45) is 3.95. The van der Waals surface area contributed by atoms with Gasteiger partial charge in [0.2, 0.25) is 0 Å². The normalized spacial score (nSPS) is 26.5. The number of hydrogen-bond acceptors (Lipinski definition) is 4. The highest BCUT2D eigenvalue weighted by Crippen LogP contribution is 2.23. The lowest BCUT2D eigenvalue weighted by atomic mass is 9.91. The second-order valence-corrected chi connectivity index (χ2v) is 4.75. The minimum atomic E-state index is -0.460. The molecule has 1 unspecified atom stereocenters. The Morgan fingerprint density at radius 1 is 1.35 bits per heavy atom. The van der Waals surface area contributed by atoms with Crippen molar-refractivity contribution < 1.29 is 9.53 Å². The molecule has 1 rings (SSSR count). The van der Waals surface area contributed by atoms with E-state index in [9.17, 15) is 4.79 Å². The summed E-state index contributed by atoms with van der Waals surface area (Å²) in [6, 6.07) is 0. The van der Waals surface area contributed by atoms with E-state index >= 15 is 0 Å². The number of carbonyl (C=O) groups excluding carboxylic acids is 1. The number of ether oxygens (including phenoxy) is 1. The first-order chi connectivity index (χ1) is 8.18. The van der Waals surface area contributed by atoms with Crippen molar-refractivity contribution in [2.24, 2.45) is 0 Å². The van der Waals surface area contributed by atoms with Crippen molar-refractivity contribution in [3.63, 3.8) is 0 Å². The molecule has 1 heterocycles. The van der Waals surface area contributed by atoms with Crippen LogP contribution in [-0.4, -0.2) is 49.7 Å². The molecule has 4 heteroatoms. The summed E-state index contributed by atoms with van der Waals surface area (Å²) < 4.78 is 5.21. The number of hydrogen-bond donors (Lipinski definition) is 1. The third-order valence-corrected chi connectivity index (χ3v) is 3.62. The average molecular weight is 242 g/mol. The molecule has 0 amide bonds. The zero-order valence-electron chi connectivity index (χ0n) is 11.4. The third kappa shape index (κ3) is 3.68. The summed E-state index contributed by atoms with van der Waals surface area (Å²) in [6.45, 7) is 7.72. The lowest BCUT2D eigenvalue weighted by Gasteiger charge is -2.29. The summed E-state index contributed by atoms with van der Waals surface area (Å²) in [7, 11) is 1.87. The van der Waals surface area contributed by atoms with Gasteiger partial charge in [-0.3, -0.25) is 4.79 Å². The fourth-order valence-corrected chi connectivity index (χ4v) is 2.56. The van der Waals surface area contributed by atoms with Crippen LogP contribution in [0.1, 0.15) is 39.5 Å². The van der Waals surface area contributed by atoms with Gasteiger partial charge in [-0.05, 0) is 52.7 Å². The first kappa shape index (κ1) is 14.5. The summed E-state index contributed by atoms with van der Waals surface area (Å²) in [5, 5.41) is 3.20. The second kappa shape index (κ2) is 6.97. The molecule has 4 nitrogen and oxygen atoms in total. The number of carbonyl (C=O) groups is 1. The van der Waals surface area contributed by atoms with Crippen molar-refractivity contribution in [1.82, 2.24) is 10.2 Å². The number of nitrogens with zero attached hydrogens (tertiary/aromatic N) is 1. The lowest BCUT2D eigenvalue weighted by molar-refractivity contribution is -0.151. The molecule has 17 heavy (non-hydrogen) atoms. The Kier molecular flexibility index (Phi) is 5.92. The zero-order valence-corrected chi connectivity index (χ0v) is 11.4. The number of rotatable bonds is 5. The summed E-state index contributed by atoms with van der Waals surface area (Å²) in [5.41, 5.74) is -0.460. The van der Waals surface area contributed by atoms with Crippen LogP contribution in [0.3, 0.4) is 0 Å². The van der Waals surface area contributed by atoms with Crippen molar-refractivity contribution in [3.05, 3.63) is 0 Å². The average Bonchev–Trinajstić information content (AvgIpc) is 2.53. The van der Waals surface area contributed by atoms with Gasteiger partial charge in [-0.15, -0.1) is 0 Å². The molecule has 1 fully saturated rings. The van der Waals surface area contributed by atoms with E-state index in [1.54, 1.807) is 0 Å². The van der Waals surface area contributed by atoms with E-state index in [0.29, 0.717) is 6.61 Å². The highest BCUT2D eigenvalue weighted by Gasteiger charge is 2.39. The van der Waals surface area contributed by atoms with E-state index in [0.717, 1.165) is 38.9 Å². The molecule has 1 aliphatic heterocycles. The first-order valence-electron chi connectivity index (χ1n) is 6.77. The Balaban J connectivity index is 2.64. The van der Waals surface area contributed by atoms with E-state index in [1.165, 1.54) is 6.42 Å². The lowest BCUT2D eigenvalue weighted by Crippen LogP contribution is -2.51. The SMILES string of the molecule is CCCN1CCCC(NC)(C(=O)OCC)CC1. The van der Waals surface area contributed by atoms with Gasteiger partial charge in [0.15, 0.2) is 0 Å². The minimum absolute atomic E-state index is 0.0825. The number of likely N-dealkylation sites (N-methyl/N-ethyl adjacent to an activating group) is 1. The van der Waals surface area contributed by atoms with E-state index in [-0.39, 0.29) is 5.97 Å². The first-order valence-corrected chi connectivity index (χ1v) is 6.77. The van der Waals surface area contributed by atoms with Crippen LogP contribution in [0.2, 0.25) is 0 Å².